The van der Waals surface area contributed by atoms with Crippen LogP contribution in [0.1, 0.15) is 31.4 Å². The average molecular weight is 383 g/mol. The Balaban J connectivity index is 2.09. The summed E-state index contributed by atoms with van der Waals surface area (Å²) in [4.78, 5) is 27.1. The summed E-state index contributed by atoms with van der Waals surface area (Å²) in [6.45, 7) is 6.71. The maximum absolute atomic E-state index is 12.9. The molecule has 0 aliphatic rings. The van der Waals surface area contributed by atoms with Crippen LogP contribution < -0.4 is 10.1 Å². The normalized spacial score (nSPS) is 11.5. The Bertz CT molecular complexity index is 744. The van der Waals surface area contributed by atoms with E-state index in [1.807, 2.05) is 75.4 Å². The van der Waals surface area contributed by atoms with Crippen molar-refractivity contribution in [3.05, 3.63) is 65.7 Å². The lowest BCUT2D eigenvalue weighted by Gasteiger charge is -2.30. The van der Waals surface area contributed by atoms with E-state index in [-0.39, 0.29) is 18.4 Å². The summed E-state index contributed by atoms with van der Waals surface area (Å²) in [5, 5.41) is 2.84. The molecular weight excluding hydrogens is 352 g/mol. The minimum absolute atomic E-state index is 0.0895. The molecule has 1 N–H and O–H groups in total. The van der Waals surface area contributed by atoms with Gasteiger partial charge in [0.2, 0.25) is 5.91 Å². The molecule has 0 radical (unpaired) electrons. The second-order valence-corrected chi connectivity index (χ2v) is 6.74. The van der Waals surface area contributed by atoms with Gasteiger partial charge in [0, 0.05) is 13.1 Å². The zero-order valence-corrected chi connectivity index (χ0v) is 17.0. The van der Waals surface area contributed by atoms with Gasteiger partial charge in [0.1, 0.15) is 11.8 Å². The number of carbonyl (C=O) groups excluding carboxylic acids is 2. The summed E-state index contributed by atoms with van der Waals surface area (Å²) < 4.78 is 5.67. The molecular formula is C23H30N2O3. The lowest BCUT2D eigenvalue weighted by Crippen LogP contribution is -2.51. The number of nitrogens with zero attached hydrogens (tertiary/aromatic N) is 1. The van der Waals surface area contributed by atoms with Crippen molar-refractivity contribution >= 4 is 11.8 Å². The van der Waals surface area contributed by atoms with Gasteiger partial charge in [0.25, 0.3) is 5.91 Å². The van der Waals surface area contributed by atoms with E-state index in [4.69, 9.17) is 4.74 Å². The van der Waals surface area contributed by atoms with Gasteiger partial charge in [-0.1, -0.05) is 55.0 Å². The monoisotopic (exact) mass is 382 g/mol. The van der Waals surface area contributed by atoms with Gasteiger partial charge in [0.05, 0.1) is 0 Å². The van der Waals surface area contributed by atoms with Crippen LogP contribution in [-0.4, -0.2) is 42.5 Å². The third kappa shape index (κ3) is 6.41. The predicted octanol–water partition coefficient (Wildman–Crippen LogP) is 3.36. The van der Waals surface area contributed by atoms with E-state index < -0.39 is 6.04 Å². The van der Waals surface area contributed by atoms with E-state index in [9.17, 15) is 9.59 Å². The second kappa shape index (κ2) is 11.1. The molecule has 1 atom stereocenters. The Morgan fingerprint density at radius 3 is 2.32 bits per heavy atom. The topological polar surface area (TPSA) is 58.6 Å². The third-order valence-electron chi connectivity index (χ3n) is 4.60. The fraction of sp³-hybridized carbons (Fsp3) is 0.391. The summed E-state index contributed by atoms with van der Waals surface area (Å²) >= 11 is 0. The molecule has 28 heavy (non-hydrogen) atoms. The number of likely N-dealkylation sites (N-methyl/N-ethyl adjacent to an activating group) is 1. The van der Waals surface area contributed by atoms with Crippen molar-refractivity contribution in [3.63, 3.8) is 0 Å². The van der Waals surface area contributed by atoms with Crippen LogP contribution in [0.25, 0.3) is 0 Å². The van der Waals surface area contributed by atoms with Crippen molar-refractivity contribution in [1.82, 2.24) is 10.2 Å². The number of amides is 2. The van der Waals surface area contributed by atoms with Gasteiger partial charge < -0.3 is 15.0 Å². The fourth-order valence-electron chi connectivity index (χ4n) is 3.05. The van der Waals surface area contributed by atoms with Crippen LogP contribution in [0.2, 0.25) is 0 Å². The second-order valence-electron chi connectivity index (χ2n) is 6.74. The number of hydrogen-bond donors (Lipinski definition) is 1. The van der Waals surface area contributed by atoms with Gasteiger partial charge in [0.15, 0.2) is 6.61 Å². The SMILES string of the molecule is CCNC(=O)[C@@H](CC)N(CCc1ccccc1)C(=O)COc1ccc(C)cc1. The van der Waals surface area contributed by atoms with Crippen LogP contribution in [0.15, 0.2) is 54.6 Å². The van der Waals surface area contributed by atoms with E-state index >= 15 is 0 Å². The standard InChI is InChI=1S/C23H30N2O3/c1-4-21(23(27)24-5-2)25(16-15-19-9-7-6-8-10-19)22(26)17-28-20-13-11-18(3)12-14-20/h6-14,21H,4-5,15-17H2,1-3H3,(H,24,27)/t21-/m1/s1. The molecule has 0 fully saturated rings. The number of rotatable bonds is 10. The smallest absolute Gasteiger partial charge is 0.261 e. The molecule has 0 saturated carbocycles. The first-order valence-electron chi connectivity index (χ1n) is 9.85. The Kier molecular flexibility index (Phi) is 8.53. The van der Waals surface area contributed by atoms with Gasteiger partial charge in [-0.3, -0.25) is 9.59 Å². The summed E-state index contributed by atoms with van der Waals surface area (Å²) in [5.74, 6) is 0.337. The van der Waals surface area contributed by atoms with Crippen LogP contribution in [0.5, 0.6) is 5.75 Å². The van der Waals surface area contributed by atoms with E-state index in [0.29, 0.717) is 31.7 Å². The van der Waals surface area contributed by atoms with Crippen LogP contribution in [0.3, 0.4) is 0 Å². The number of hydrogen-bond acceptors (Lipinski definition) is 3. The number of nitrogens with one attached hydrogen (secondary N) is 1. The van der Waals surface area contributed by atoms with Crippen molar-refractivity contribution in [2.45, 2.75) is 39.7 Å². The van der Waals surface area contributed by atoms with Crippen molar-refractivity contribution in [1.29, 1.82) is 0 Å². The summed E-state index contributed by atoms with van der Waals surface area (Å²) in [7, 11) is 0. The molecule has 0 aromatic heterocycles. The molecule has 0 aliphatic carbocycles. The maximum Gasteiger partial charge on any atom is 0.261 e. The number of benzene rings is 2. The lowest BCUT2D eigenvalue weighted by atomic mass is 10.1. The molecule has 5 heteroatoms. The molecule has 2 aromatic carbocycles. The molecule has 0 saturated heterocycles. The summed E-state index contributed by atoms with van der Waals surface area (Å²) in [6, 6.07) is 17.0. The van der Waals surface area contributed by atoms with Crippen molar-refractivity contribution < 1.29 is 14.3 Å². The van der Waals surface area contributed by atoms with Crippen LogP contribution in [0, 0.1) is 6.92 Å². The van der Waals surface area contributed by atoms with Crippen molar-refractivity contribution in [2.24, 2.45) is 0 Å². The third-order valence-corrected chi connectivity index (χ3v) is 4.60. The first kappa shape index (κ1) is 21.5. The minimum atomic E-state index is -0.502. The quantitative estimate of drug-likeness (QED) is 0.685. The van der Waals surface area contributed by atoms with E-state index in [1.54, 1.807) is 4.90 Å². The highest BCUT2D eigenvalue weighted by molar-refractivity contribution is 5.88. The van der Waals surface area contributed by atoms with Crippen molar-refractivity contribution in [3.8, 4) is 5.75 Å². The first-order valence-corrected chi connectivity index (χ1v) is 9.85. The van der Waals surface area contributed by atoms with Crippen LogP contribution in [-0.2, 0) is 16.0 Å². The molecule has 0 heterocycles. The van der Waals surface area contributed by atoms with Gasteiger partial charge in [-0.25, -0.2) is 0 Å². The lowest BCUT2D eigenvalue weighted by molar-refractivity contribution is -0.142. The van der Waals surface area contributed by atoms with Gasteiger partial charge in [-0.15, -0.1) is 0 Å². The zero-order chi connectivity index (χ0) is 20.4. The highest BCUT2D eigenvalue weighted by Crippen LogP contribution is 2.13. The summed E-state index contributed by atoms with van der Waals surface area (Å²) in [6.07, 6.45) is 1.24. The van der Waals surface area contributed by atoms with E-state index in [2.05, 4.69) is 5.32 Å². The van der Waals surface area contributed by atoms with Gasteiger partial charge in [-0.2, -0.15) is 0 Å². The highest BCUT2D eigenvalue weighted by atomic mass is 16.5. The average Bonchev–Trinajstić information content (AvgIpc) is 2.71. The molecule has 2 rings (SSSR count). The Morgan fingerprint density at radius 2 is 1.71 bits per heavy atom. The highest BCUT2D eigenvalue weighted by Gasteiger charge is 2.28. The summed E-state index contributed by atoms with van der Waals surface area (Å²) in [5.41, 5.74) is 2.26. The first-order chi connectivity index (χ1) is 13.5. The molecule has 2 aromatic rings. The fourth-order valence-corrected chi connectivity index (χ4v) is 3.05. The van der Waals surface area contributed by atoms with Crippen LogP contribution in [0.4, 0.5) is 0 Å². The Hall–Kier alpha value is -2.82. The van der Waals surface area contributed by atoms with Crippen molar-refractivity contribution in [2.75, 3.05) is 19.7 Å². The minimum Gasteiger partial charge on any atom is -0.484 e. The Morgan fingerprint density at radius 1 is 1.04 bits per heavy atom. The van der Waals surface area contributed by atoms with Gasteiger partial charge in [-0.05, 0) is 44.4 Å². The number of carbonyl (C=O) groups is 2. The predicted molar refractivity (Wildman–Crippen MR) is 111 cm³/mol. The molecule has 5 nitrogen and oxygen atoms in total. The molecule has 0 spiro atoms. The van der Waals surface area contributed by atoms with Gasteiger partial charge >= 0.3 is 0 Å². The maximum atomic E-state index is 12.9. The molecule has 0 bridgehead atoms. The Labute approximate surface area is 167 Å². The molecule has 150 valence electrons. The zero-order valence-electron chi connectivity index (χ0n) is 17.0. The molecule has 0 aliphatic heterocycles. The molecule has 0 unspecified atom stereocenters. The van der Waals surface area contributed by atoms with Crippen LogP contribution >= 0.6 is 0 Å². The molecule has 2 amide bonds. The largest absolute Gasteiger partial charge is 0.484 e. The van der Waals surface area contributed by atoms with E-state index in [0.717, 1.165) is 11.1 Å². The number of aryl methyl sites for hydroxylation is 1. The number of ether oxygens (including phenoxy) is 1. The van der Waals surface area contributed by atoms with E-state index in [1.165, 1.54) is 0 Å².